The summed E-state index contributed by atoms with van der Waals surface area (Å²) in [4.78, 5) is 18.4. The van der Waals surface area contributed by atoms with E-state index in [2.05, 4.69) is 37.6 Å². The molecule has 1 aliphatic rings. The molecule has 0 bridgehead atoms. The Hall–Kier alpha value is -0.610. The Balaban J connectivity index is 2.40. The zero-order valence-electron chi connectivity index (χ0n) is 11.3. The van der Waals surface area contributed by atoms with Crippen molar-refractivity contribution >= 4 is 5.91 Å². The van der Waals surface area contributed by atoms with Crippen molar-refractivity contribution in [2.45, 2.75) is 26.3 Å². The smallest absolute Gasteiger partial charge is 0.236 e. The van der Waals surface area contributed by atoms with Gasteiger partial charge in [0.1, 0.15) is 0 Å². The minimum absolute atomic E-state index is 0.0797. The van der Waals surface area contributed by atoms with Crippen molar-refractivity contribution in [1.82, 2.24) is 14.7 Å². The van der Waals surface area contributed by atoms with Crippen molar-refractivity contribution in [3.63, 3.8) is 0 Å². The van der Waals surface area contributed by atoms with Gasteiger partial charge in [0.25, 0.3) is 0 Å². The van der Waals surface area contributed by atoms with Gasteiger partial charge in [-0.25, -0.2) is 0 Å². The van der Waals surface area contributed by atoms with E-state index in [1.165, 1.54) is 0 Å². The predicted molar refractivity (Wildman–Crippen MR) is 66.5 cm³/mol. The van der Waals surface area contributed by atoms with Gasteiger partial charge in [-0.2, -0.15) is 0 Å². The lowest BCUT2D eigenvalue weighted by Gasteiger charge is -2.36. The maximum absolute atomic E-state index is 12.0. The SMILES string of the molecule is CN1CCN(CC(=O)N(C)C(C)(C)C)CC1. The molecule has 4 heteroatoms. The molecule has 1 aliphatic heterocycles. The average molecular weight is 227 g/mol. The number of amides is 1. The van der Waals surface area contributed by atoms with E-state index in [0.29, 0.717) is 6.54 Å². The Kier molecular flexibility index (Phi) is 4.33. The van der Waals surface area contributed by atoms with Gasteiger partial charge < -0.3 is 9.80 Å². The molecule has 1 rings (SSSR count). The van der Waals surface area contributed by atoms with E-state index in [9.17, 15) is 4.79 Å². The fraction of sp³-hybridized carbons (Fsp3) is 0.917. The number of hydrogen-bond acceptors (Lipinski definition) is 3. The Labute approximate surface area is 99.2 Å². The van der Waals surface area contributed by atoms with Crippen molar-refractivity contribution in [2.24, 2.45) is 0 Å². The van der Waals surface area contributed by atoms with Crippen molar-refractivity contribution in [3.8, 4) is 0 Å². The Morgan fingerprint density at radius 1 is 1.19 bits per heavy atom. The van der Waals surface area contributed by atoms with Gasteiger partial charge in [0.2, 0.25) is 5.91 Å². The molecule has 0 spiro atoms. The lowest BCUT2D eigenvalue weighted by Crippen LogP contribution is -2.51. The van der Waals surface area contributed by atoms with Gasteiger partial charge in [-0.05, 0) is 27.8 Å². The zero-order valence-corrected chi connectivity index (χ0v) is 11.3. The molecule has 0 radical (unpaired) electrons. The minimum Gasteiger partial charge on any atom is -0.340 e. The van der Waals surface area contributed by atoms with E-state index >= 15 is 0 Å². The highest BCUT2D eigenvalue weighted by molar-refractivity contribution is 5.78. The molecule has 0 aromatic rings. The van der Waals surface area contributed by atoms with Gasteiger partial charge in [0.15, 0.2) is 0 Å². The van der Waals surface area contributed by atoms with Crippen LogP contribution >= 0.6 is 0 Å². The lowest BCUT2D eigenvalue weighted by molar-refractivity contribution is -0.135. The van der Waals surface area contributed by atoms with Crippen LogP contribution in [0.25, 0.3) is 0 Å². The fourth-order valence-electron chi connectivity index (χ4n) is 1.68. The molecule has 1 saturated heterocycles. The van der Waals surface area contributed by atoms with Gasteiger partial charge in [0, 0.05) is 38.8 Å². The van der Waals surface area contributed by atoms with E-state index < -0.39 is 0 Å². The van der Waals surface area contributed by atoms with Crippen molar-refractivity contribution in [2.75, 3.05) is 46.8 Å². The standard InChI is InChI=1S/C12H25N3O/c1-12(2,3)14(5)11(16)10-15-8-6-13(4)7-9-15/h6-10H2,1-5H3. The number of carbonyl (C=O) groups is 1. The fourth-order valence-corrected chi connectivity index (χ4v) is 1.68. The van der Waals surface area contributed by atoms with Crippen molar-refractivity contribution in [3.05, 3.63) is 0 Å². The quantitative estimate of drug-likeness (QED) is 0.687. The molecule has 94 valence electrons. The monoisotopic (exact) mass is 227 g/mol. The number of likely N-dealkylation sites (N-methyl/N-ethyl adjacent to an activating group) is 2. The maximum Gasteiger partial charge on any atom is 0.236 e. The van der Waals surface area contributed by atoms with Crippen LogP contribution in [0, 0.1) is 0 Å². The molecule has 16 heavy (non-hydrogen) atoms. The van der Waals surface area contributed by atoms with E-state index in [4.69, 9.17) is 0 Å². The first kappa shape index (κ1) is 13.5. The van der Waals surface area contributed by atoms with Gasteiger partial charge in [-0.3, -0.25) is 9.69 Å². The maximum atomic E-state index is 12.0. The first-order valence-corrected chi connectivity index (χ1v) is 5.98. The molecular weight excluding hydrogens is 202 g/mol. The average Bonchev–Trinajstić information content (AvgIpc) is 2.19. The molecule has 0 saturated carbocycles. The molecule has 0 N–H and O–H groups in total. The Bertz CT molecular complexity index is 239. The van der Waals surface area contributed by atoms with Crippen LogP contribution in [0.2, 0.25) is 0 Å². The summed E-state index contributed by atoms with van der Waals surface area (Å²) in [5, 5.41) is 0. The molecule has 1 fully saturated rings. The molecule has 0 unspecified atom stereocenters. The first-order valence-electron chi connectivity index (χ1n) is 5.98. The summed E-state index contributed by atoms with van der Waals surface area (Å²) in [7, 11) is 4.01. The molecule has 1 heterocycles. The largest absolute Gasteiger partial charge is 0.340 e. The van der Waals surface area contributed by atoms with Crippen LogP contribution < -0.4 is 0 Å². The summed E-state index contributed by atoms with van der Waals surface area (Å²) in [6.07, 6.45) is 0. The molecule has 4 nitrogen and oxygen atoms in total. The van der Waals surface area contributed by atoms with Crippen molar-refractivity contribution < 1.29 is 4.79 Å². The second-order valence-corrected chi connectivity index (χ2v) is 5.70. The van der Waals surface area contributed by atoms with Gasteiger partial charge in [-0.15, -0.1) is 0 Å². The number of nitrogens with zero attached hydrogens (tertiary/aromatic N) is 3. The molecule has 0 atom stereocenters. The van der Waals surface area contributed by atoms with Gasteiger partial charge >= 0.3 is 0 Å². The molecule has 1 amide bonds. The first-order chi connectivity index (χ1) is 7.30. The third-order valence-corrected chi connectivity index (χ3v) is 3.34. The minimum atomic E-state index is -0.0797. The van der Waals surface area contributed by atoms with Crippen LogP contribution in [-0.2, 0) is 4.79 Å². The summed E-state index contributed by atoms with van der Waals surface area (Å²) in [6, 6.07) is 0. The van der Waals surface area contributed by atoms with Crippen LogP contribution in [0.15, 0.2) is 0 Å². The summed E-state index contributed by atoms with van der Waals surface area (Å²) in [6.45, 7) is 10.9. The lowest BCUT2D eigenvalue weighted by atomic mass is 10.1. The number of rotatable bonds is 2. The van der Waals surface area contributed by atoms with E-state index in [-0.39, 0.29) is 11.4 Å². The third kappa shape index (κ3) is 3.76. The third-order valence-electron chi connectivity index (χ3n) is 3.34. The highest BCUT2D eigenvalue weighted by atomic mass is 16.2. The van der Waals surface area contributed by atoms with Crippen LogP contribution in [-0.4, -0.2) is 73.0 Å². The normalized spacial score (nSPS) is 19.8. The second-order valence-electron chi connectivity index (χ2n) is 5.70. The van der Waals surface area contributed by atoms with Crippen LogP contribution in [0.5, 0.6) is 0 Å². The summed E-state index contributed by atoms with van der Waals surface area (Å²) < 4.78 is 0. The zero-order chi connectivity index (χ0) is 12.3. The topological polar surface area (TPSA) is 26.8 Å². The highest BCUT2D eigenvalue weighted by Crippen LogP contribution is 2.11. The summed E-state index contributed by atoms with van der Waals surface area (Å²) in [5.74, 6) is 0.219. The van der Waals surface area contributed by atoms with Crippen LogP contribution in [0.3, 0.4) is 0 Å². The summed E-state index contributed by atoms with van der Waals surface area (Å²) in [5.41, 5.74) is -0.0797. The number of piperazine rings is 1. The molecule has 0 aromatic heterocycles. The van der Waals surface area contributed by atoms with Crippen LogP contribution in [0.4, 0.5) is 0 Å². The van der Waals surface area contributed by atoms with Crippen LogP contribution in [0.1, 0.15) is 20.8 Å². The molecular formula is C12H25N3O. The Morgan fingerprint density at radius 2 is 1.69 bits per heavy atom. The molecule has 0 aliphatic carbocycles. The number of carbonyl (C=O) groups excluding carboxylic acids is 1. The van der Waals surface area contributed by atoms with Crippen molar-refractivity contribution in [1.29, 1.82) is 0 Å². The Morgan fingerprint density at radius 3 is 2.12 bits per heavy atom. The summed E-state index contributed by atoms with van der Waals surface area (Å²) >= 11 is 0. The molecule has 0 aromatic carbocycles. The predicted octanol–water partition coefficient (Wildman–Crippen LogP) is 0.491. The van der Waals surface area contributed by atoms with Gasteiger partial charge in [-0.1, -0.05) is 0 Å². The number of hydrogen-bond donors (Lipinski definition) is 0. The van der Waals surface area contributed by atoms with E-state index in [0.717, 1.165) is 26.2 Å². The van der Waals surface area contributed by atoms with E-state index in [1.807, 2.05) is 11.9 Å². The highest BCUT2D eigenvalue weighted by Gasteiger charge is 2.24. The second kappa shape index (κ2) is 5.15. The van der Waals surface area contributed by atoms with E-state index in [1.54, 1.807) is 0 Å². The van der Waals surface area contributed by atoms with Gasteiger partial charge in [0.05, 0.1) is 6.54 Å².